The fourth-order valence-electron chi connectivity index (χ4n) is 0.783. The topological polar surface area (TPSA) is 0 Å². The highest BCUT2D eigenvalue weighted by Crippen LogP contribution is 2.27. The third-order valence-electron chi connectivity index (χ3n) is 1.34. The third-order valence-corrected chi connectivity index (χ3v) is 1.59. The van der Waals surface area contributed by atoms with Crippen molar-refractivity contribution in [3.63, 3.8) is 0 Å². The van der Waals surface area contributed by atoms with Crippen molar-refractivity contribution in [1.82, 2.24) is 0 Å². The summed E-state index contributed by atoms with van der Waals surface area (Å²) in [5.74, 6) is 0. The van der Waals surface area contributed by atoms with Gasteiger partial charge in [0, 0.05) is 0 Å². The van der Waals surface area contributed by atoms with E-state index in [1.54, 1.807) is 0 Å². The molecule has 1 aromatic carbocycles. The summed E-state index contributed by atoms with van der Waals surface area (Å²) in [6, 6.07) is 4.82. The van der Waals surface area contributed by atoms with E-state index in [2.05, 4.69) is 0 Å². The lowest BCUT2D eigenvalue weighted by molar-refractivity contribution is -0.137. The molecule has 0 aromatic heterocycles. The maximum Gasteiger partial charge on any atom is 0.416 e. The number of benzene rings is 1. The van der Waals surface area contributed by atoms with Crippen LogP contribution in [0.2, 0.25) is 0 Å². The van der Waals surface area contributed by atoms with Crippen LogP contribution in [0.5, 0.6) is 0 Å². The summed E-state index contributed by atoms with van der Waals surface area (Å²) < 4.78 is 36.1. The van der Waals surface area contributed by atoms with Gasteiger partial charge in [-0.1, -0.05) is 29.7 Å². The van der Waals surface area contributed by atoms with Gasteiger partial charge in [-0.3, -0.25) is 0 Å². The maximum atomic E-state index is 12.0. The molecular weight excluding hydrogens is 187 g/mol. The molecule has 0 N–H and O–H groups in total. The Morgan fingerprint density at radius 1 is 1.25 bits per heavy atom. The van der Waals surface area contributed by atoms with Crippen LogP contribution in [0.1, 0.15) is 5.56 Å². The van der Waals surface area contributed by atoms with Crippen molar-refractivity contribution in [3.8, 4) is 0 Å². The van der Waals surface area contributed by atoms with E-state index >= 15 is 0 Å². The maximum absolute atomic E-state index is 12.0. The number of hydrogen-bond donors (Lipinski definition) is 0. The van der Waals surface area contributed by atoms with Crippen LogP contribution in [0.25, 0.3) is 0 Å². The second-order valence-corrected chi connectivity index (χ2v) is 2.45. The molecule has 5 heteroatoms. The quantitative estimate of drug-likeness (QED) is 0.597. The lowest BCUT2D eigenvalue weighted by Gasteiger charge is -2.06. The SMILES string of the molecule is FC(F)(F)c1cccc([B]Cl)c1. The van der Waals surface area contributed by atoms with Gasteiger partial charge in [0.05, 0.1) is 5.56 Å². The van der Waals surface area contributed by atoms with Crippen molar-refractivity contribution in [3.05, 3.63) is 29.8 Å². The molecule has 0 nitrogen and oxygen atoms in total. The van der Waals surface area contributed by atoms with Crippen LogP contribution >= 0.6 is 11.5 Å². The zero-order chi connectivity index (χ0) is 9.19. The van der Waals surface area contributed by atoms with E-state index in [-0.39, 0.29) is 0 Å². The molecule has 0 aliphatic carbocycles. The summed E-state index contributed by atoms with van der Waals surface area (Å²) in [5.41, 5.74) is -0.330. The molecule has 0 spiro atoms. The third kappa shape index (κ3) is 2.17. The summed E-state index contributed by atoms with van der Waals surface area (Å²) >= 11 is 5.26. The molecule has 0 aliphatic heterocycles. The van der Waals surface area contributed by atoms with Crippen LogP contribution in [0.15, 0.2) is 24.3 Å². The second-order valence-electron chi connectivity index (χ2n) is 2.23. The largest absolute Gasteiger partial charge is 0.416 e. The molecule has 12 heavy (non-hydrogen) atoms. The first-order chi connectivity index (χ1) is 5.54. The molecule has 1 rings (SSSR count). The fraction of sp³-hybridized carbons (Fsp3) is 0.143. The summed E-state index contributed by atoms with van der Waals surface area (Å²) in [7, 11) is 0. The zero-order valence-corrected chi connectivity index (χ0v) is 6.65. The fourth-order valence-corrected chi connectivity index (χ4v) is 0.919. The lowest BCUT2D eigenvalue weighted by atomic mass is 9.93. The molecule has 0 atom stereocenters. The van der Waals surface area contributed by atoms with Crippen molar-refractivity contribution >= 4 is 23.6 Å². The number of halogens is 4. The highest BCUT2D eigenvalue weighted by atomic mass is 35.5. The first-order valence-electron chi connectivity index (χ1n) is 3.15. The Morgan fingerprint density at radius 3 is 2.42 bits per heavy atom. The summed E-state index contributed by atoms with van der Waals surface area (Å²) in [5, 5.41) is 0. The second kappa shape index (κ2) is 3.39. The van der Waals surface area contributed by atoms with Gasteiger partial charge in [0.2, 0.25) is 0 Å². The molecule has 0 saturated carbocycles. The van der Waals surface area contributed by atoms with E-state index in [1.807, 2.05) is 0 Å². The molecule has 0 saturated heterocycles. The van der Waals surface area contributed by atoms with Gasteiger partial charge in [-0.15, -0.1) is 0 Å². The molecule has 1 radical (unpaired) electrons. The van der Waals surface area contributed by atoms with Gasteiger partial charge in [-0.25, -0.2) is 0 Å². The van der Waals surface area contributed by atoms with Crippen molar-refractivity contribution in [2.75, 3.05) is 0 Å². The van der Waals surface area contributed by atoms with Gasteiger partial charge in [-0.2, -0.15) is 24.6 Å². The van der Waals surface area contributed by atoms with Crippen molar-refractivity contribution in [1.29, 1.82) is 0 Å². The Bertz CT molecular complexity index is 272. The molecule has 0 amide bonds. The molecule has 0 fully saturated rings. The van der Waals surface area contributed by atoms with Crippen LogP contribution in [0.4, 0.5) is 13.2 Å². The highest BCUT2D eigenvalue weighted by Gasteiger charge is 2.30. The van der Waals surface area contributed by atoms with Gasteiger partial charge in [0.25, 0.3) is 6.69 Å². The molecule has 63 valence electrons. The minimum Gasteiger partial charge on any atom is -0.197 e. The van der Waals surface area contributed by atoms with Crippen LogP contribution in [0, 0.1) is 0 Å². The number of hydrogen-bond acceptors (Lipinski definition) is 0. The van der Waals surface area contributed by atoms with Gasteiger partial charge in [0.1, 0.15) is 0 Å². The van der Waals surface area contributed by atoms with Gasteiger partial charge in [0.15, 0.2) is 0 Å². The normalized spacial score (nSPS) is 11.3. The summed E-state index contributed by atoms with van der Waals surface area (Å²) in [6.45, 7) is 1.11. The number of rotatable bonds is 1. The van der Waals surface area contributed by atoms with E-state index in [4.69, 9.17) is 11.5 Å². The highest BCUT2D eigenvalue weighted by molar-refractivity contribution is 7.01. The van der Waals surface area contributed by atoms with Crippen LogP contribution in [-0.4, -0.2) is 6.69 Å². The van der Waals surface area contributed by atoms with E-state index in [0.29, 0.717) is 5.46 Å². The Labute approximate surface area is 73.5 Å². The van der Waals surface area contributed by atoms with Gasteiger partial charge in [-0.05, 0) is 0 Å². The van der Waals surface area contributed by atoms with Crippen LogP contribution in [0.3, 0.4) is 0 Å². The standard InChI is InChI=1S/C7H4BClF3/c9-8-6-3-1-2-5(4-6)7(10,11)12/h1-4H. The zero-order valence-electron chi connectivity index (χ0n) is 5.90. The Balaban J connectivity index is 3.02. The Hall–Kier alpha value is -0.635. The van der Waals surface area contributed by atoms with E-state index in [1.165, 1.54) is 12.1 Å². The number of alkyl halides is 3. The molecule has 0 unspecified atom stereocenters. The average Bonchev–Trinajstić information content (AvgIpc) is 2.03. The predicted molar refractivity (Wildman–Crippen MR) is 42.7 cm³/mol. The lowest BCUT2D eigenvalue weighted by Crippen LogP contribution is -2.13. The van der Waals surface area contributed by atoms with E-state index in [0.717, 1.165) is 18.8 Å². The molecular formula is C7H4BClF3. The minimum atomic E-state index is -4.30. The Morgan fingerprint density at radius 2 is 1.92 bits per heavy atom. The Kier molecular flexibility index (Phi) is 2.67. The monoisotopic (exact) mass is 191 g/mol. The molecule has 0 bridgehead atoms. The first kappa shape index (κ1) is 9.45. The van der Waals surface area contributed by atoms with Gasteiger partial charge >= 0.3 is 6.18 Å². The van der Waals surface area contributed by atoms with Crippen LogP contribution in [-0.2, 0) is 6.18 Å². The van der Waals surface area contributed by atoms with Crippen LogP contribution < -0.4 is 5.46 Å². The molecule has 0 heterocycles. The van der Waals surface area contributed by atoms with E-state index < -0.39 is 11.7 Å². The summed E-state index contributed by atoms with van der Waals surface area (Å²) in [6.07, 6.45) is -4.30. The smallest absolute Gasteiger partial charge is 0.197 e. The molecule has 1 aromatic rings. The summed E-state index contributed by atoms with van der Waals surface area (Å²) in [4.78, 5) is 0. The first-order valence-corrected chi connectivity index (χ1v) is 3.58. The molecule has 0 aliphatic rings. The average molecular weight is 191 g/mol. The minimum absolute atomic E-state index is 0.353. The predicted octanol–water partition coefficient (Wildman–Crippen LogP) is 2.19. The van der Waals surface area contributed by atoms with Crippen molar-refractivity contribution in [2.45, 2.75) is 6.18 Å². The van der Waals surface area contributed by atoms with E-state index in [9.17, 15) is 13.2 Å². The van der Waals surface area contributed by atoms with Crippen molar-refractivity contribution in [2.24, 2.45) is 0 Å². The van der Waals surface area contributed by atoms with Gasteiger partial charge < -0.3 is 0 Å². The van der Waals surface area contributed by atoms with Crippen molar-refractivity contribution < 1.29 is 13.2 Å².